The van der Waals surface area contributed by atoms with Gasteiger partial charge in [-0.3, -0.25) is 0 Å². The van der Waals surface area contributed by atoms with Crippen molar-refractivity contribution < 1.29 is 18.9 Å². The van der Waals surface area contributed by atoms with Crippen molar-refractivity contribution in [2.24, 2.45) is 0 Å². The van der Waals surface area contributed by atoms with E-state index in [0.29, 0.717) is 39.6 Å². The maximum Gasteiger partial charge on any atom is 0.119 e. The van der Waals surface area contributed by atoms with E-state index in [0.717, 1.165) is 5.75 Å². The molecule has 0 heterocycles. The van der Waals surface area contributed by atoms with Crippen LogP contribution in [0.3, 0.4) is 0 Å². The normalized spacial score (nSPS) is 12.3. The van der Waals surface area contributed by atoms with E-state index in [1.807, 2.05) is 26.1 Å². The van der Waals surface area contributed by atoms with Gasteiger partial charge in [0.05, 0.1) is 45.7 Å². The second kappa shape index (κ2) is 11.5. The van der Waals surface area contributed by atoms with E-state index in [-0.39, 0.29) is 6.04 Å². The fraction of sp³-hybridized carbons (Fsp3) is 0.625. The Kier molecular flexibility index (Phi) is 9.82. The van der Waals surface area contributed by atoms with E-state index in [4.69, 9.17) is 18.9 Å². The van der Waals surface area contributed by atoms with Crippen LogP contribution in [0, 0.1) is 0 Å². The average molecular weight is 297 g/mol. The standard InChI is InChI=1S/C16H27NO4/c1-4-21-15-7-5-14(6-8-15)16(17-2)13-20-12-11-19-10-9-18-3/h5-8,16-17H,4,9-13H2,1-3H3. The zero-order valence-electron chi connectivity index (χ0n) is 13.3. The third kappa shape index (κ3) is 7.43. The Balaban J connectivity index is 2.27. The lowest BCUT2D eigenvalue weighted by Crippen LogP contribution is -2.22. The summed E-state index contributed by atoms with van der Waals surface area (Å²) < 4.78 is 21.3. The lowest BCUT2D eigenvalue weighted by atomic mass is 10.1. The highest BCUT2D eigenvalue weighted by atomic mass is 16.5. The van der Waals surface area contributed by atoms with Crippen molar-refractivity contribution in [3.05, 3.63) is 29.8 Å². The Labute approximate surface area is 127 Å². The van der Waals surface area contributed by atoms with Crippen molar-refractivity contribution >= 4 is 0 Å². The minimum Gasteiger partial charge on any atom is -0.494 e. The van der Waals surface area contributed by atoms with Crippen LogP contribution in [-0.4, -0.2) is 53.8 Å². The first-order valence-electron chi connectivity index (χ1n) is 7.36. The van der Waals surface area contributed by atoms with Gasteiger partial charge in [-0.25, -0.2) is 0 Å². The maximum atomic E-state index is 5.64. The third-order valence-corrected chi connectivity index (χ3v) is 3.03. The van der Waals surface area contributed by atoms with E-state index < -0.39 is 0 Å². The van der Waals surface area contributed by atoms with Crippen molar-refractivity contribution in [1.82, 2.24) is 5.32 Å². The first-order valence-corrected chi connectivity index (χ1v) is 7.36. The van der Waals surface area contributed by atoms with E-state index >= 15 is 0 Å². The fourth-order valence-electron chi connectivity index (χ4n) is 1.87. The summed E-state index contributed by atoms with van der Waals surface area (Å²) in [5, 5.41) is 3.25. The van der Waals surface area contributed by atoms with Crippen LogP contribution < -0.4 is 10.1 Å². The minimum atomic E-state index is 0.166. The smallest absolute Gasteiger partial charge is 0.119 e. The number of benzene rings is 1. The third-order valence-electron chi connectivity index (χ3n) is 3.03. The predicted molar refractivity (Wildman–Crippen MR) is 82.9 cm³/mol. The van der Waals surface area contributed by atoms with Gasteiger partial charge in [0.2, 0.25) is 0 Å². The summed E-state index contributed by atoms with van der Waals surface area (Å²) in [5.41, 5.74) is 1.18. The Morgan fingerprint density at radius 1 is 1.00 bits per heavy atom. The lowest BCUT2D eigenvalue weighted by Gasteiger charge is -2.17. The van der Waals surface area contributed by atoms with Crippen molar-refractivity contribution in [1.29, 1.82) is 0 Å². The summed E-state index contributed by atoms with van der Waals surface area (Å²) in [6.45, 7) is 5.66. The van der Waals surface area contributed by atoms with Crippen LogP contribution in [0.15, 0.2) is 24.3 Å². The summed E-state index contributed by atoms with van der Waals surface area (Å²) in [6, 6.07) is 8.25. The molecule has 0 saturated heterocycles. The van der Waals surface area contributed by atoms with Crippen LogP contribution in [0.5, 0.6) is 5.75 Å². The molecule has 1 atom stereocenters. The van der Waals surface area contributed by atoms with Crippen LogP contribution in [-0.2, 0) is 14.2 Å². The van der Waals surface area contributed by atoms with Gasteiger partial charge in [0.25, 0.3) is 0 Å². The number of likely N-dealkylation sites (N-methyl/N-ethyl adjacent to an activating group) is 1. The predicted octanol–water partition coefficient (Wildman–Crippen LogP) is 2.03. The number of hydrogen-bond acceptors (Lipinski definition) is 5. The summed E-state index contributed by atoms with van der Waals surface area (Å²) >= 11 is 0. The molecule has 5 heteroatoms. The van der Waals surface area contributed by atoms with E-state index in [1.165, 1.54) is 5.56 Å². The Morgan fingerprint density at radius 3 is 2.29 bits per heavy atom. The number of hydrogen-bond donors (Lipinski definition) is 1. The molecule has 1 N–H and O–H groups in total. The van der Waals surface area contributed by atoms with Crippen molar-refractivity contribution in [3.63, 3.8) is 0 Å². The van der Waals surface area contributed by atoms with Gasteiger partial charge in [-0.2, -0.15) is 0 Å². The molecule has 0 aromatic heterocycles. The summed E-state index contributed by atoms with van der Waals surface area (Å²) in [7, 11) is 3.59. The molecule has 0 saturated carbocycles. The van der Waals surface area contributed by atoms with Crippen molar-refractivity contribution in [2.75, 3.05) is 53.8 Å². The number of ether oxygens (including phenoxy) is 4. The molecule has 0 amide bonds. The summed E-state index contributed by atoms with van der Waals surface area (Å²) in [4.78, 5) is 0. The molecule has 21 heavy (non-hydrogen) atoms. The topological polar surface area (TPSA) is 49.0 Å². The monoisotopic (exact) mass is 297 g/mol. The molecule has 1 unspecified atom stereocenters. The molecule has 1 aromatic rings. The van der Waals surface area contributed by atoms with Gasteiger partial charge >= 0.3 is 0 Å². The van der Waals surface area contributed by atoms with E-state index in [2.05, 4.69) is 17.4 Å². The van der Waals surface area contributed by atoms with Crippen molar-refractivity contribution in [2.45, 2.75) is 13.0 Å². The molecule has 1 rings (SSSR count). The van der Waals surface area contributed by atoms with Gasteiger partial charge in [-0.15, -0.1) is 0 Å². The molecule has 0 fully saturated rings. The van der Waals surface area contributed by atoms with E-state index in [9.17, 15) is 0 Å². The zero-order chi connectivity index (χ0) is 15.3. The summed E-state index contributed by atoms with van der Waals surface area (Å²) in [5.74, 6) is 0.892. The van der Waals surface area contributed by atoms with Gasteiger partial charge in [0.1, 0.15) is 5.75 Å². The van der Waals surface area contributed by atoms with Gasteiger partial charge in [-0.1, -0.05) is 12.1 Å². The molecule has 0 spiro atoms. The summed E-state index contributed by atoms with van der Waals surface area (Å²) in [6.07, 6.45) is 0. The molecule has 5 nitrogen and oxygen atoms in total. The second-order valence-electron chi connectivity index (χ2n) is 4.52. The molecule has 0 aliphatic heterocycles. The number of methoxy groups -OCH3 is 1. The van der Waals surface area contributed by atoms with Crippen LogP contribution in [0.1, 0.15) is 18.5 Å². The van der Waals surface area contributed by atoms with Crippen LogP contribution in [0.4, 0.5) is 0 Å². The number of nitrogens with one attached hydrogen (secondary N) is 1. The molecule has 0 aliphatic carbocycles. The van der Waals surface area contributed by atoms with Crippen LogP contribution in [0.25, 0.3) is 0 Å². The Morgan fingerprint density at radius 2 is 1.67 bits per heavy atom. The van der Waals surface area contributed by atoms with Crippen LogP contribution in [0.2, 0.25) is 0 Å². The molecule has 0 aliphatic rings. The molecule has 0 radical (unpaired) electrons. The second-order valence-corrected chi connectivity index (χ2v) is 4.52. The molecule has 120 valence electrons. The highest BCUT2D eigenvalue weighted by Crippen LogP contribution is 2.18. The molecule has 1 aromatic carbocycles. The fourth-order valence-corrected chi connectivity index (χ4v) is 1.87. The molecular weight excluding hydrogens is 270 g/mol. The molecular formula is C16H27NO4. The highest BCUT2D eigenvalue weighted by Gasteiger charge is 2.09. The average Bonchev–Trinajstić information content (AvgIpc) is 2.52. The van der Waals surface area contributed by atoms with Gasteiger partial charge in [-0.05, 0) is 31.7 Å². The first kappa shape index (κ1) is 17.9. The Bertz CT molecular complexity index is 356. The largest absolute Gasteiger partial charge is 0.494 e. The van der Waals surface area contributed by atoms with Gasteiger partial charge in [0.15, 0.2) is 0 Å². The zero-order valence-corrected chi connectivity index (χ0v) is 13.3. The van der Waals surface area contributed by atoms with E-state index in [1.54, 1.807) is 7.11 Å². The quantitative estimate of drug-likeness (QED) is 0.598. The van der Waals surface area contributed by atoms with Gasteiger partial charge in [0, 0.05) is 7.11 Å². The lowest BCUT2D eigenvalue weighted by molar-refractivity contribution is 0.0197. The van der Waals surface area contributed by atoms with Gasteiger partial charge < -0.3 is 24.3 Å². The Hall–Kier alpha value is -1.14. The number of rotatable bonds is 12. The minimum absolute atomic E-state index is 0.166. The highest BCUT2D eigenvalue weighted by molar-refractivity contribution is 5.29. The van der Waals surface area contributed by atoms with Crippen LogP contribution >= 0.6 is 0 Å². The SMILES string of the molecule is CCOc1ccc(C(COCCOCCOC)NC)cc1. The van der Waals surface area contributed by atoms with Crippen molar-refractivity contribution in [3.8, 4) is 5.75 Å². The first-order chi connectivity index (χ1) is 10.3. The molecule has 0 bridgehead atoms. The maximum absolute atomic E-state index is 5.64.